The lowest BCUT2D eigenvalue weighted by Crippen LogP contribution is -2.50. The normalized spacial score (nSPS) is 17.3. The summed E-state index contributed by atoms with van der Waals surface area (Å²) in [4.78, 5) is 19.9. The number of piperazine rings is 1. The molecule has 1 unspecified atom stereocenters. The van der Waals surface area contributed by atoms with Crippen LogP contribution in [0.15, 0.2) is 30.5 Å². The lowest BCUT2D eigenvalue weighted by atomic mass is 10.1. The molecule has 1 fully saturated rings. The van der Waals surface area contributed by atoms with E-state index in [0.717, 1.165) is 29.6 Å². The van der Waals surface area contributed by atoms with Gasteiger partial charge in [-0.2, -0.15) is 0 Å². The molecule has 1 aliphatic heterocycles. The van der Waals surface area contributed by atoms with Gasteiger partial charge in [-0.1, -0.05) is 6.07 Å². The number of β-amino-alcohol motifs (C(OH)–C–C–N with tert-alkyl or cyclic N) is 1. The zero-order valence-corrected chi connectivity index (χ0v) is 14.1. The fourth-order valence-electron chi connectivity index (χ4n) is 3.10. The molecule has 1 aliphatic rings. The molecule has 0 bridgehead atoms. The van der Waals surface area contributed by atoms with Crippen molar-refractivity contribution in [3.05, 3.63) is 36.0 Å². The SMILES string of the molecule is CCOCC(O)CN1CCN(C(=O)c2ccc3cc[nH]c3c2)CC1. The average molecular weight is 331 g/mol. The fraction of sp³-hybridized carbons (Fsp3) is 0.500. The summed E-state index contributed by atoms with van der Waals surface area (Å²) in [6.07, 6.45) is 1.41. The molecular formula is C18H25N3O3. The van der Waals surface area contributed by atoms with Gasteiger partial charge in [0.25, 0.3) is 5.91 Å². The Kier molecular flexibility index (Phi) is 5.50. The summed E-state index contributed by atoms with van der Waals surface area (Å²) in [6, 6.07) is 7.77. The number of amides is 1. The molecule has 2 heterocycles. The van der Waals surface area contributed by atoms with Gasteiger partial charge < -0.3 is 19.7 Å². The van der Waals surface area contributed by atoms with Crippen molar-refractivity contribution in [2.24, 2.45) is 0 Å². The Labute approximate surface area is 142 Å². The van der Waals surface area contributed by atoms with Crippen LogP contribution in [-0.2, 0) is 4.74 Å². The number of rotatable bonds is 6. The van der Waals surface area contributed by atoms with Gasteiger partial charge in [0.1, 0.15) is 0 Å². The lowest BCUT2D eigenvalue weighted by molar-refractivity contribution is 0.0111. The second kappa shape index (κ2) is 7.79. The summed E-state index contributed by atoms with van der Waals surface area (Å²) in [7, 11) is 0. The Morgan fingerprint density at radius 3 is 2.83 bits per heavy atom. The lowest BCUT2D eigenvalue weighted by Gasteiger charge is -2.35. The quantitative estimate of drug-likeness (QED) is 0.838. The van der Waals surface area contributed by atoms with Gasteiger partial charge in [0.2, 0.25) is 0 Å². The summed E-state index contributed by atoms with van der Waals surface area (Å²) in [5.41, 5.74) is 1.70. The number of fused-ring (bicyclic) bond motifs is 1. The van der Waals surface area contributed by atoms with E-state index in [1.807, 2.05) is 42.3 Å². The number of nitrogens with one attached hydrogen (secondary N) is 1. The highest BCUT2D eigenvalue weighted by molar-refractivity contribution is 5.98. The largest absolute Gasteiger partial charge is 0.389 e. The first-order chi connectivity index (χ1) is 11.7. The van der Waals surface area contributed by atoms with Crippen LogP contribution < -0.4 is 0 Å². The van der Waals surface area contributed by atoms with Crippen LogP contribution in [0.1, 0.15) is 17.3 Å². The number of hydrogen-bond donors (Lipinski definition) is 2. The van der Waals surface area contributed by atoms with Gasteiger partial charge >= 0.3 is 0 Å². The zero-order chi connectivity index (χ0) is 16.9. The Hall–Kier alpha value is -1.89. The number of aromatic nitrogens is 1. The maximum Gasteiger partial charge on any atom is 0.254 e. The zero-order valence-electron chi connectivity index (χ0n) is 14.1. The van der Waals surface area contributed by atoms with Gasteiger partial charge in [-0.25, -0.2) is 0 Å². The van der Waals surface area contributed by atoms with Gasteiger partial charge in [0.05, 0.1) is 12.7 Å². The summed E-state index contributed by atoms with van der Waals surface area (Å²) in [5, 5.41) is 11.0. The predicted molar refractivity (Wildman–Crippen MR) is 93.1 cm³/mol. The number of hydrogen-bond acceptors (Lipinski definition) is 4. The molecule has 6 nitrogen and oxygen atoms in total. The van der Waals surface area contributed by atoms with Gasteiger partial charge in [-0.15, -0.1) is 0 Å². The maximum absolute atomic E-state index is 12.7. The molecule has 1 atom stereocenters. The van der Waals surface area contributed by atoms with Crippen molar-refractivity contribution in [1.29, 1.82) is 0 Å². The van der Waals surface area contributed by atoms with Crippen LogP contribution in [0, 0.1) is 0 Å². The fourth-order valence-corrected chi connectivity index (χ4v) is 3.10. The third-order valence-corrected chi connectivity index (χ3v) is 4.44. The third-order valence-electron chi connectivity index (χ3n) is 4.44. The van der Waals surface area contributed by atoms with E-state index in [-0.39, 0.29) is 5.91 Å². The van der Waals surface area contributed by atoms with E-state index in [1.54, 1.807) is 0 Å². The van der Waals surface area contributed by atoms with Crippen molar-refractivity contribution < 1.29 is 14.6 Å². The minimum absolute atomic E-state index is 0.0704. The molecular weight excluding hydrogens is 306 g/mol. The highest BCUT2D eigenvalue weighted by Crippen LogP contribution is 2.16. The number of aromatic amines is 1. The molecule has 0 aliphatic carbocycles. The van der Waals surface area contributed by atoms with Crippen LogP contribution in [0.2, 0.25) is 0 Å². The third kappa shape index (κ3) is 3.95. The van der Waals surface area contributed by atoms with E-state index in [2.05, 4.69) is 9.88 Å². The monoisotopic (exact) mass is 331 g/mol. The smallest absolute Gasteiger partial charge is 0.254 e. The topological polar surface area (TPSA) is 68.8 Å². The van der Waals surface area contributed by atoms with Crippen molar-refractivity contribution in [1.82, 2.24) is 14.8 Å². The number of benzene rings is 1. The van der Waals surface area contributed by atoms with Crippen molar-refractivity contribution in [2.75, 3.05) is 45.9 Å². The van der Waals surface area contributed by atoms with E-state index in [0.29, 0.717) is 32.8 Å². The first kappa shape index (κ1) is 17.0. The number of aliphatic hydroxyl groups is 1. The molecule has 2 aromatic rings. The number of carbonyl (C=O) groups excluding carboxylic acids is 1. The van der Waals surface area contributed by atoms with Crippen LogP contribution in [0.5, 0.6) is 0 Å². The molecule has 0 spiro atoms. The van der Waals surface area contributed by atoms with Crippen molar-refractivity contribution in [2.45, 2.75) is 13.0 Å². The number of carbonyl (C=O) groups is 1. The van der Waals surface area contributed by atoms with E-state index in [4.69, 9.17) is 4.74 Å². The molecule has 1 aromatic carbocycles. The van der Waals surface area contributed by atoms with Gasteiger partial charge in [-0.05, 0) is 30.5 Å². The minimum atomic E-state index is -0.470. The van der Waals surface area contributed by atoms with Crippen molar-refractivity contribution in [3.8, 4) is 0 Å². The maximum atomic E-state index is 12.7. The Bertz CT molecular complexity index is 677. The summed E-state index contributed by atoms with van der Waals surface area (Å²) in [6.45, 7) is 6.42. The molecule has 0 radical (unpaired) electrons. The molecule has 1 aromatic heterocycles. The first-order valence-electron chi connectivity index (χ1n) is 8.52. The number of ether oxygens (including phenoxy) is 1. The van der Waals surface area contributed by atoms with Gasteiger partial charge in [0, 0.05) is 56.6 Å². The summed E-state index contributed by atoms with van der Waals surface area (Å²) in [5.74, 6) is 0.0704. The van der Waals surface area contributed by atoms with E-state index in [9.17, 15) is 9.90 Å². The van der Waals surface area contributed by atoms with Crippen LogP contribution in [0.4, 0.5) is 0 Å². The highest BCUT2D eigenvalue weighted by atomic mass is 16.5. The molecule has 3 rings (SSSR count). The Morgan fingerprint density at radius 2 is 2.08 bits per heavy atom. The molecule has 6 heteroatoms. The number of aliphatic hydroxyl groups excluding tert-OH is 1. The van der Waals surface area contributed by atoms with Gasteiger partial charge in [0.15, 0.2) is 0 Å². The van der Waals surface area contributed by atoms with Crippen LogP contribution >= 0.6 is 0 Å². The molecule has 1 saturated heterocycles. The second-order valence-electron chi connectivity index (χ2n) is 6.19. The summed E-state index contributed by atoms with van der Waals surface area (Å²) >= 11 is 0. The number of nitrogens with zero attached hydrogens (tertiary/aromatic N) is 2. The molecule has 2 N–H and O–H groups in total. The van der Waals surface area contributed by atoms with Crippen LogP contribution in [0.25, 0.3) is 10.9 Å². The first-order valence-corrected chi connectivity index (χ1v) is 8.52. The minimum Gasteiger partial charge on any atom is -0.389 e. The second-order valence-corrected chi connectivity index (χ2v) is 6.19. The summed E-state index contributed by atoms with van der Waals surface area (Å²) < 4.78 is 5.24. The molecule has 0 saturated carbocycles. The van der Waals surface area contributed by atoms with E-state index >= 15 is 0 Å². The predicted octanol–water partition coefficient (Wildman–Crippen LogP) is 1.32. The molecule has 130 valence electrons. The average Bonchev–Trinajstić information content (AvgIpc) is 3.07. The van der Waals surface area contributed by atoms with E-state index in [1.165, 1.54) is 0 Å². The Balaban J connectivity index is 1.53. The van der Waals surface area contributed by atoms with Crippen molar-refractivity contribution in [3.63, 3.8) is 0 Å². The van der Waals surface area contributed by atoms with Crippen molar-refractivity contribution >= 4 is 16.8 Å². The molecule has 24 heavy (non-hydrogen) atoms. The highest BCUT2D eigenvalue weighted by Gasteiger charge is 2.23. The van der Waals surface area contributed by atoms with Crippen LogP contribution in [0.3, 0.4) is 0 Å². The standard InChI is InChI=1S/C18H25N3O3/c1-2-24-13-16(22)12-20-7-9-21(10-8-20)18(23)15-4-3-14-5-6-19-17(14)11-15/h3-6,11,16,19,22H,2,7-10,12-13H2,1H3. The number of H-pyrrole nitrogens is 1. The Morgan fingerprint density at radius 1 is 1.29 bits per heavy atom. The van der Waals surface area contributed by atoms with Crippen LogP contribution in [-0.4, -0.2) is 77.8 Å². The van der Waals surface area contributed by atoms with E-state index < -0.39 is 6.10 Å². The molecule has 1 amide bonds. The van der Waals surface area contributed by atoms with Gasteiger partial charge in [-0.3, -0.25) is 9.69 Å².